The molecule has 0 fully saturated rings. The van der Waals surface area contributed by atoms with E-state index in [4.69, 9.17) is 14.3 Å². The van der Waals surface area contributed by atoms with Gasteiger partial charge in [-0.2, -0.15) is 0 Å². The Labute approximate surface area is 130 Å². The maximum Gasteiger partial charge on any atom is 0.264 e. The topological polar surface area (TPSA) is 69.2 Å². The third-order valence-electron chi connectivity index (χ3n) is 3.37. The maximum atomic E-state index is 12.0. The first-order chi connectivity index (χ1) is 10.6. The summed E-state index contributed by atoms with van der Waals surface area (Å²) in [6, 6.07) is 7.73. The summed E-state index contributed by atoms with van der Waals surface area (Å²) < 4.78 is 10.2. The van der Waals surface area contributed by atoms with Crippen molar-refractivity contribution in [2.75, 3.05) is 20.8 Å². The summed E-state index contributed by atoms with van der Waals surface area (Å²) in [5, 5.41) is 6.87. The van der Waals surface area contributed by atoms with Crippen LogP contribution in [0, 0.1) is 0 Å². The van der Waals surface area contributed by atoms with E-state index in [-0.39, 0.29) is 11.9 Å². The minimum Gasteiger partial charge on any atom is -0.497 e. The number of oxime groups is 1. The van der Waals surface area contributed by atoms with Gasteiger partial charge in [0.1, 0.15) is 5.75 Å². The number of benzene rings is 1. The van der Waals surface area contributed by atoms with Gasteiger partial charge >= 0.3 is 0 Å². The second kappa shape index (κ2) is 7.79. The summed E-state index contributed by atoms with van der Waals surface area (Å²) in [6.07, 6.45) is 0.595. The second-order valence-corrected chi connectivity index (χ2v) is 5.35. The molecule has 0 saturated heterocycles. The molecule has 1 N–H and O–H groups in total. The highest BCUT2D eigenvalue weighted by molar-refractivity contribution is 5.94. The van der Waals surface area contributed by atoms with Crippen LogP contribution in [-0.4, -0.2) is 44.6 Å². The molecule has 0 bridgehead atoms. The Hall–Kier alpha value is -2.08. The van der Waals surface area contributed by atoms with Gasteiger partial charge in [-0.1, -0.05) is 17.3 Å². The molecular weight excluding hydrogens is 284 g/mol. The number of nitrogens with one attached hydrogen (secondary N) is 1. The highest BCUT2D eigenvalue weighted by atomic mass is 16.6. The van der Waals surface area contributed by atoms with Crippen molar-refractivity contribution in [3.8, 4) is 5.75 Å². The first-order valence-electron chi connectivity index (χ1n) is 7.26. The molecule has 1 aromatic carbocycles. The van der Waals surface area contributed by atoms with Crippen LogP contribution in [0.15, 0.2) is 29.4 Å². The molecule has 0 aliphatic carbocycles. The monoisotopic (exact) mass is 306 g/mol. The van der Waals surface area contributed by atoms with Gasteiger partial charge < -0.3 is 19.6 Å². The molecule has 0 saturated carbocycles. The van der Waals surface area contributed by atoms with E-state index >= 15 is 0 Å². The maximum absolute atomic E-state index is 12.0. The van der Waals surface area contributed by atoms with Crippen LogP contribution in [0.5, 0.6) is 5.75 Å². The SMILES string of the molecule is COC[C@H](C)NC(=O)[C@@H]1CC(Cc2cccc(OC)c2)=NO1. The average molecular weight is 306 g/mol. The number of rotatable bonds is 7. The lowest BCUT2D eigenvalue weighted by atomic mass is 10.0. The smallest absolute Gasteiger partial charge is 0.264 e. The lowest BCUT2D eigenvalue weighted by Crippen LogP contribution is -2.42. The molecule has 0 radical (unpaired) electrons. The van der Waals surface area contributed by atoms with Gasteiger partial charge in [0.15, 0.2) is 0 Å². The normalized spacial score (nSPS) is 18.3. The minimum atomic E-state index is -0.556. The highest BCUT2D eigenvalue weighted by Gasteiger charge is 2.28. The van der Waals surface area contributed by atoms with Gasteiger partial charge in [0, 0.05) is 26.0 Å². The first-order valence-corrected chi connectivity index (χ1v) is 7.26. The van der Waals surface area contributed by atoms with Crippen molar-refractivity contribution >= 4 is 11.6 Å². The lowest BCUT2D eigenvalue weighted by molar-refractivity contribution is -0.132. The van der Waals surface area contributed by atoms with Gasteiger partial charge in [-0.3, -0.25) is 4.79 Å². The molecule has 1 amide bonds. The van der Waals surface area contributed by atoms with Gasteiger partial charge in [0.2, 0.25) is 6.10 Å². The zero-order valence-corrected chi connectivity index (χ0v) is 13.2. The predicted molar refractivity (Wildman–Crippen MR) is 83.1 cm³/mol. The second-order valence-electron chi connectivity index (χ2n) is 5.35. The van der Waals surface area contributed by atoms with Crippen LogP contribution < -0.4 is 10.1 Å². The van der Waals surface area contributed by atoms with Gasteiger partial charge in [0.25, 0.3) is 5.91 Å². The summed E-state index contributed by atoms with van der Waals surface area (Å²) in [4.78, 5) is 17.3. The predicted octanol–water partition coefficient (Wildman–Crippen LogP) is 1.53. The number of nitrogens with zero attached hydrogens (tertiary/aromatic N) is 1. The van der Waals surface area contributed by atoms with Crippen LogP contribution in [0.3, 0.4) is 0 Å². The van der Waals surface area contributed by atoms with E-state index < -0.39 is 6.10 Å². The van der Waals surface area contributed by atoms with Crippen LogP contribution >= 0.6 is 0 Å². The van der Waals surface area contributed by atoms with Gasteiger partial charge in [0.05, 0.1) is 19.4 Å². The number of amides is 1. The quantitative estimate of drug-likeness (QED) is 0.829. The van der Waals surface area contributed by atoms with Crippen molar-refractivity contribution in [2.45, 2.75) is 31.9 Å². The molecule has 1 heterocycles. The van der Waals surface area contributed by atoms with Crippen molar-refractivity contribution in [1.29, 1.82) is 0 Å². The lowest BCUT2D eigenvalue weighted by Gasteiger charge is -2.15. The Bertz CT molecular complexity index is 545. The molecule has 1 aliphatic heterocycles. The highest BCUT2D eigenvalue weighted by Crippen LogP contribution is 2.18. The number of hydrogen-bond donors (Lipinski definition) is 1. The van der Waals surface area contributed by atoms with Crippen LogP contribution in [0.1, 0.15) is 18.9 Å². The molecule has 1 aliphatic rings. The number of ether oxygens (including phenoxy) is 2. The summed E-state index contributed by atoms with van der Waals surface area (Å²) in [7, 11) is 3.24. The van der Waals surface area contributed by atoms with E-state index in [1.165, 1.54) is 0 Å². The molecule has 0 aromatic heterocycles. The zero-order chi connectivity index (χ0) is 15.9. The van der Waals surface area contributed by atoms with Crippen LogP contribution in [0.2, 0.25) is 0 Å². The first kappa shape index (κ1) is 16.3. The van der Waals surface area contributed by atoms with E-state index in [1.807, 2.05) is 31.2 Å². The van der Waals surface area contributed by atoms with Crippen LogP contribution in [-0.2, 0) is 20.8 Å². The van der Waals surface area contributed by atoms with Crippen molar-refractivity contribution < 1.29 is 19.1 Å². The Kier molecular flexibility index (Phi) is 5.77. The van der Waals surface area contributed by atoms with Crippen molar-refractivity contribution in [2.24, 2.45) is 5.16 Å². The Morgan fingerprint density at radius 2 is 2.32 bits per heavy atom. The van der Waals surface area contributed by atoms with E-state index in [0.717, 1.165) is 17.0 Å². The molecule has 0 spiro atoms. The van der Waals surface area contributed by atoms with Crippen LogP contribution in [0.25, 0.3) is 0 Å². The molecular formula is C16H22N2O4. The molecule has 120 valence electrons. The summed E-state index contributed by atoms with van der Waals surface area (Å²) in [5.41, 5.74) is 1.93. The molecule has 2 rings (SSSR count). The summed E-state index contributed by atoms with van der Waals surface area (Å²) in [6.45, 7) is 2.35. The average Bonchev–Trinajstić information content (AvgIpc) is 2.96. The Balaban J connectivity index is 1.85. The Morgan fingerprint density at radius 3 is 3.05 bits per heavy atom. The van der Waals surface area contributed by atoms with Gasteiger partial charge in [-0.05, 0) is 24.6 Å². The molecule has 2 atom stereocenters. The number of carbonyl (C=O) groups is 1. The molecule has 0 unspecified atom stereocenters. The van der Waals surface area contributed by atoms with E-state index in [2.05, 4.69) is 10.5 Å². The third kappa shape index (κ3) is 4.46. The Morgan fingerprint density at radius 1 is 1.50 bits per heavy atom. The standard InChI is InChI=1S/C16H22N2O4/c1-11(10-20-2)17-16(19)15-9-13(18-22-15)7-12-5-4-6-14(8-12)21-3/h4-6,8,11,15H,7,9-10H2,1-3H3,(H,17,19)/t11-,15-/m0/s1. The number of carbonyl (C=O) groups excluding carboxylic acids is 1. The zero-order valence-electron chi connectivity index (χ0n) is 13.2. The van der Waals surface area contributed by atoms with Crippen molar-refractivity contribution in [3.05, 3.63) is 29.8 Å². The van der Waals surface area contributed by atoms with E-state index in [1.54, 1.807) is 14.2 Å². The third-order valence-corrected chi connectivity index (χ3v) is 3.37. The van der Waals surface area contributed by atoms with Gasteiger partial charge in [-0.25, -0.2) is 0 Å². The van der Waals surface area contributed by atoms with Crippen molar-refractivity contribution in [3.63, 3.8) is 0 Å². The summed E-state index contributed by atoms with van der Waals surface area (Å²) >= 11 is 0. The molecule has 6 nitrogen and oxygen atoms in total. The molecule has 1 aromatic rings. The van der Waals surface area contributed by atoms with Gasteiger partial charge in [-0.15, -0.1) is 0 Å². The largest absolute Gasteiger partial charge is 0.497 e. The van der Waals surface area contributed by atoms with E-state index in [0.29, 0.717) is 19.4 Å². The fraction of sp³-hybridized carbons (Fsp3) is 0.500. The summed E-state index contributed by atoms with van der Waals surface area (Å²) in [5.74, 6) is 0.647. The molecule has 6 heteroatoms. The van der Waals surface area contributed by atoms with Crippen molar-refractivity contribution in [1.82, 2.24) is 5.32 Å². The number of hydrogen-bond acceptors (Lipinski definition) is 5. The van der Waals surface area contributed by atoms with E-state index in [9.17, 15) is 4.79 Å². The molecule has 22 heavy (non-hydrogen) atoms. The minimum absolute atomic E-state index is 0.0523. The fourth-order valence-electron chi connectivity index (χ4n) is 2.32. The number of methoxy groups -OCH3 is 2. The fourth-order valence-corrected chi connectivity index (χ4v) is 2.32. The van der Waals surface area contributed by atoms with Crippen LogP contribution in [0.4, 0.5) is 0 Å².